The zero-order chi connectivity index (χ0) is 34.5. The minimum atomic E-state index is -0.195. The number of esters is 3. The molecule has 270 valence electrons. The highest BCUT2D eigenvalue weighted by molar-refractivity contribution is 5.66. The van der Waals surface area contributed by atoms with Gasteiger partial charge in [0.05, 0.1) is 13.2 Å². The molecule has 0 aromatic heterocycles. The van der Waals surface area contributed by atoms with Crippen molar-refractivity contribution in [1.29, 1.82) is 0 Å². The molecule has 0 saturated heterocycles. The van der Waals surface area contributed by atoms with Crippen LogP contribution in [0, 0.1) is 0 Å². The van der Waals surface area contributed by atoms with E-state index in [0.717, 1.165) is 89.9 Å². The van der Waals surface area contributed by atoms with E-state index in [-0.39, 0.29) is 24.0 Å². The van der Waals surface area contributed by atoms with Crippen molar-refractivity contribution >= 4 is 17.9 Å². The Morgan fingerprint density at radius 1 is 0.404 bits per heavy atom. The molecule has 0 rings (SSSR count). The largest absolute Gasteiger partial charge is 0.466 e. The molecule has 0 bridgehead atoms. The standard InChI is InChI=1S/C41H70O6/c1-38(42)45-36-32-28-24-20-16-12-8-4-6-10-14-18-22-26-30-34-41(47-40(3)44)35-31-27-23-19-15-11-7-5-9-13-17-21-25-29-33-37-46-39(2)43/h4-5,8-9,16-17,20-21,41H,6-7,10-15,18-19,22-37H2,1-3H3/b8-4-,9-5-,20-16-,21-17-. The van der Waals surface area contributed by atoms with Gasteiger partial charge in [-0.15, -0.1) is 0 Å². The quantitative estimate of drug-likeness (QED) is 0.0302. The number of unbranched alkanes of at least 4 members (excludes halogenated alkanes) is 16. The van der Waals surface area contributed by atoms with E-state index < -0.39 is 0 Å². The van der Waals surface area contributed by atoms with Crippen LogP contribution in [0.5, 0.6) is 0 Å². The van der Waals surface area contributed by atoms with Gasteiger partial charge in [0.25, 0.3) is 0 Å². The Kier molecular flexibility index (Phi) is 34.2. The van der Waals surface area contributed by atoms with Crippen molar-refractivity contribution in [2.24, 2.45) is 0 Å². The molecular weight excluding hydrogens is 588 g/mol. The summed E-state index contributed by atoms with van der Waals surface area (Å²) in [6.07, 6.45) is 45.4. The highest BCUT2D eigenvalue weighted by Gasteiger charge is 2.11. The summed E-state index contributed by atoms with van der Waals surface area (Å²) in [6.45, 7) is 5.50. The molecule has 0 aliphatic heterocycles. The summed E-state index contributed by atoms with van der Waals surface area (Å²) in [5.41, 5.74) is 0. The van der Waals surface area contributed by atoms with Crippen molar-refractivity contribution < 1.29 is 28.6 Å². The minimum absolute atomic E-state index is 0.0902. The van der Waals surface area contributed by atoms with Crippen LogP contribution in [0.25, 0.3) is 0 Å². The van der Waals surface area contributed by atoms with Crippen LogP contribution in [-0.4, -0.2) is 37.2 Å². The average Bonchev–Trinajstić information content (AvgIpc) is 3.02. The number of carbonyl (C=O) groups is 3. The molecule has 0 aromatic rings. The molecule has 0 saturated carbocycles. The van der Waals surface area contributed by atoms with Crippen molar-refractivity contribution in [3.05, 3.63) is 48.6 Å². The fraction of sp³-hybridized carbons (Fsp3) is 0.732. The fourth-order valence-corrected chi connectivity index (χ4v) is 5.35. The second-order valence-electron chi connectivity index (χ2n) is 12.7. The van der Waals surface area contributed by atoms with Gasteiger partial charge >= 0.3 is 17.9 Å². The third-order valence-electron chi connectivity index (χ3n) is 7.98. The summed E-state index contributed by atoms with van der Waals surface area (Å²) in [4.78, 5) is 33.0. The zero-order valence-corrected chi connectivity index (χ0v) is 30.5. The summed E-state index contributed by atoms with van der Waals surface area (Å²) in [5.74, 6) is -0.535. The lowest BCUT2D eigenvalue weighted by Crippen LogP contribution is -2.16. The molecule has 47 heavy (non-hydrogen) atoms. The predicted octanol–water partition coefficient (Wildman–Crippen LogP) is 11.6. The molecule has 0 unspecified atom stereocenters. The molecule has 0 atom stereocenters. The van der Waals surface area contributed by atoms with Gasteiger partial charge in [0.1, 0.15) is 6.10 Å². The zero-order valence-electron chi connectivity index (χ0n) is 30.5. The average molecular weight is 659 g/mol. The summed E-state index contributed by atoms with van der Waals surface area (Å²) < 4.78 is 15.5. The maximum atomic E-state index is 11.6. The molecule has 0 aliphatic rings. The van der Waals surface area contributed by atoms with Crippen molar-refractivity contribution in [1.82, 2.24) is 0 Å². The first-order chi connectivity index (χ1) is 22.9. The molecule has 0 heterocycles. The monoisotopic (exact) mass is 659 g/mol. The summed E-state index contributed by atoms with van der Waals surface area (Å²) >= 11 is 0. The lowest BCUT2D eigenvalue weighted by Gasteiger charge is -2.17. The van der Waals surface area contributed by atoms with Crippen molar-refractivity contribution in [3.8, 4) is 0 Å². The Balaban J connectivity index is 3.62. The van der Waals surface area contributed by atoms with Crippen LogP contribution in [0.4, 0.5) is 0 Å². The Hall–Kier alpha value is -2.63. The Morgan fingerprint density at radius 2 is 0.723 bits per heavy atom. The van der Waals surface area contributed by atoms with E-state index in [4.69, 9.17) is 14.2 Å². The summed E-state index contributed by atoms with van der Waals surface area (Å²) in [7, 11) is 0. The number of ether oxygens (including phenoxy) is 3. The van der Waals surface area contributed by atoms with Crippen LogP contribution in [0.2, 0.25) is 0 Å². The van der Waals surface area contributed by atoms with Gasteiger partial charge in [-0.3, -0.25) is 14.4 Å². The van der Waals surface area contributed by atoms with Gasteiger partial charge in [-0.2, -0.15) is 0 Å². The maximum Gasteiger partial charge on any atom is 0.302 e. The van der Waals surface area contributed by atoms with Crippen LogP contribution in [0.1, 0.15) is 175 Å². The molecule has 0 fully saturated rings. The minimum Gasteiger partial charge on any atom is -0.466 e. The van der Waals surface area contributed by atoms with Crippen molar-refractivity contribution in [2.45, 2.75) is 181 Å². The Morgan fingerprint density at radius 3 is 1.06 bits per heavy atom. The maximum absolute atomic E-state index is 11.6. The number of allylic oxidation sites excluding steroid dienone is 8. The normalized spacial score (nSPS) is 11.9. The predicted molar refractivity (Wildman–Crippen MR) is 196 cm³/mol. The molecule has 0 aliphatic carbocycles. The van der Waals surface area contributed by atoms with E-state index in [2.05, 4.69) is 48.6 Å². The molecular formula is C41H70O6. The first kappa shape index (κ1) is 44.4. The van der Waals surface area contributed by atoms with E-state index in [1.807, 2.05) is 0 Å². The van der Waals surface area contributed by atoms with E-state index in [9.17, 15) is 14.4 Å². The number of hydrogen-bond donors (Lipinski definition) is 0. The highest BCUT2D eigenvalue weighted by atomic mass is 16.5. The highest BCUT2D eigenvalue weighted by Crippen LogP contribution is 2.17. The van der Waals surface area contributed by atoms with E-state index in [1.54, 1.807) is 0 Å². The van der Waals surface area contributed by atoms with Gasteiger partial charge < -0.3 is 14.2 Å². The molecule has 0 radical (unpaired) electrons. The lowest BCUT2D eigenvalue weighted by molar-refractivity contribution is -0.147. The van der Waals surface area contributed by atoms with E-state index in [1.165, 1.54) is 85.0 Å². The molecule has 0 amide bonds. The first-order valence-corrected chi connectivity index (χ1v) is 19.0. The van der Waals surface area contributed by atoms with Gasteiger partial charge in [0.2, 0.25) is 0 Å². The topological polar surface area (TPSA) is 78.9 Å². The first-order valence-electron chi connectivity index (χ1n) is 19.0. The smallest absolute Gasteiger partial charge is 0.302 e. The fourth-order valence-electron chi connectivity index (χ4n) is 5.35. The van der Waals surface area contributed by atoms with Crippen LogP contribution < -0.4 is 0 Å². The van der Waals surface area contributed by atoms with Gasteiger partial charge in [0.15, 0.2) is 0 Å². The van der Waals surface area contributed by atoms with Gasteiger partial charge in [-0.05, 0) is 103 Å². The van der Waals surface area contributed by atoms with Crippen LogP contribution in [0.3, 0.4) is 0 Å². The lowest BCUT2D eigenvalue weighted by atomic mass is 10.0. The van der Waals surface area contributed by atoms with Crippen LogP contribution in [0.15, 0.2) is 48.6 Å². The van der Waals surface area contributed by atoms with Gasteiger partial charge in [-0.1, -0.05) is 100.0 Å². The summed E-state index contributed by atoms with van der Waals surface area (Å²) in [6, 6.07) is 0. The third-order valence-corrected chi connectivity index (χ3v) is 7.98. The molecule has 6 heteroatoms. The number of rotatable bonds is 33. The number of hydrogen-bond acceptors (Lipinski definition) is 6. The van der Waals surface area contributed by atoms with Crippen LogP contribution >= 0.6 is 0 Å². The molecule has 0 N–H and O–H groups in total. The Labute approximate surface area is 288 Å². The van der Waals surface area contributed by atoms with Crippen molar-refractivity contribution in [3.63, 3.8) is 0 Å². The third kappa shape index (κ3) is 39.5. The SMILES string of the molecule is CC(=O)OCCCC/C=C\C/C=C\CCCCCCCCC(CCCCCCCC/C=C\C/C=C\CCCCOC(C)=O)OC(C)=O. The summed E-state index contributed by atoms with van der Waals surface area (Å²) in [5, 5.41) is 0. The Bertz CT molecular complexity index is 794. The van der Waals surface area contributed by atoms with Gasteiger partial charge in [-0.25, -0.2) is 0 Å². The molecule has 0 aromatic carbocycles. The molecule has 6 nitrogen and oxygen atoms in total. The van der Waals surface area contributed by atoms with Gasteiger partial charge in [0, 0.05) is 20.8 Å². The molecule has 0 spiro atoms. The van der Waals surface area contributed by atoms with Crippen molar-refractivity contribution in [2.75, 3.05) is 13.2 Å². The van der Waals surface area contributed by atoms with E-state index >= 15 is 0 Å². The number of carbonyl (C=O) groups excluding carboxylic acids is 3. The van der Waals surface area contributed by atoms with E-state index in [0.29, 0.717) is 13.2 Å². The second-order valence-corrected chi connectivity index (χ2v) is 12.7. The second kappa shape index (κ2) is 36.2. The van der Waals surface area contributed by atoms with Crippen LogP contribution in [-0.2, 0) is 28.6 Å².